The Bertz CT molecular complexity index is 544. The van der Waals surface area contributed by atoms with Crippen LogP contribution in [0.4, 0.5) is 0 Å². The summed E-state index contributed by atoms with van der Waals surface area (Å²) in [6.45, 7) is 14.6. The molecule has 0 aliphatic heterocycles. The molecule has 0 fully saturated rings. The minimum atomic E-state index is -0.415. The van der Waals surface area contributed by atoms with Crippen LogP contribution in [0.15, 0.2) is 12.2 Å². The van der Waals surface area contributed by atoms with Crippen molar-refractivity contribution in [2.45, 2.75) is 20.3 Å². The summed E-state index contributed by atoms with van der Waals surface area (Å²) >= 11 is 0. The molecule has 0 aromatic heterocycles. The van der Waals surface area contributed by atoms with Gasteiger partial charge >= 0.3 is 11.9 Å². The molecule has 0 aromatic rings. The second kappa shape index (κ2) is 28.9. The predicted molar refractivity (Wildman–Crippen MR) is 134 cm³/mol. The van der Waals surface area contributed by atoms with Gasteiger partial charge in [-0.05, 0) is 13.8 Å². The van der Waals surface area contributed by atoms with Gasteiger partial charge in [-0.3, -0.25) is 4.79 Å². The van der Waals surface area contributed by atoms with Gasteiger partial charge in [0.25, 0.3) is 0 Å². The molecule has 0 amide bonds. The Morgan fingerprint density at radius 2 is 0.784 bits per heavy atom. The first-order chi connectivity index (χ1) is 18.1. The van der Waals surface area contributed by atoms with Crippen LogP contribution in [0.3, 0.4) is 0 Å². The van der Waals surface area contributed by atoms with Crippen LogP contribution < -0.4 is 0 Å². The zero-order valence-corrected chi connectivity index (χ0v) is 22.5. The van der Waals surface area contributed by atoms with E-state index in [9.17, 15) is 9.59 Å². The van der Waals surface area contributed by atoms with Gasteiger partial charge in [0, 0.05) is 5.57 Å². The van der Waals surface area contributed by atoms with Gasteiger partial charge in [0.15, 0.2) is 0 Å². The highest BCUT2D eigenvalue weighted by Crippen LogP contribution is 1.92. The van der Waals surface area contributed by atoms with Crippen LogP contribution in [-0.2, 0) is 57.0 Å². The van der Waals surface area contributed by atoms with E-state index in [4.69, 9.17) is 47.4 Å². The number of hydrogen-bond acceptors (Lipinski definition) is 12. The van der Waals surface area contributed by atoms with E-state index in [0.29, 0.717) is 118 Å². The molecule has 0 atom stereocenters. The molecule has 0 aromatic carbocycles. The van der Waals surface area contributed by atoms with Crippen LogP contribution in [-0.4, -0.2) is 131 Å². The molecule has 218 valence electrons. The second-order valence-electron chi connectivity index (χ2n) is 7.37. The van der Waals surface area contributed by atoms with Crippen LogP contribution in [0.1, 0.15) is 20.3 Å². The lowest BCUT2D eigenvalue weighted by Crippen LogP contribution is -2.15. The van der Waals surface area contributed by atoms with E-state index in [2.05, 4.69) is 6.58 Å². The fourth-order valence-electron chi connectivity index (χ4n) is 2.35. The van der Waals surface area contributed by atoms with Crippen molar-refractivity contribution >= 4 is 11.9 Å². The zero-order valence-electron chi connectivity index (χ0n) is 22.5. The Morgan fingerprint density at radius 1 is 0.486 bits per heavy atom. The van der Waals surface area contributed by atoms with Gasteiger partial charge in [0.05, 0.1) is 119 Å². The van der Waals surface area contributed by atoms with E-state index in [1.54, 1.807) is 13.8 Å². The van der Waals surface area contributed by atoms with Crippen molar-refractivity contribution in [1.82, 2.24) is 0 Å². The first-order valence-electron chi connectivity index (χ1n) is 12.7. The first-order valence-corrected chi connectivity index (χ1v) is 12.7. The maximum Gasteiger partial charge on any atom is 0.333 e. The van der Waals surface area contributed by atoms with Gasteiger partial charge in [0.2, 0.25) is 0 Å². The van der Waals surface area contributed by atoms with E-state index in [1.807, 2.05) is 0 Å². The predicted octanol–water partition coefficient (Wildman–Crippen LogP) is 1.19. The molecular weight excluding hydrogens is 492 g/mol. The number of carbonyl (C=O) groups excluding carboxylic acids is 2. The third-order valence-corrected chi connectivity index (χ3v) is 4.17. The Morgan fingerprint density at radius 3 is 1.08 bits per heavy atom. The maximum atomic E-state index is 11.2. The normalized spacial score (nSPS) is 11.0. The third kappa shape index (κ3) is 28.8. The number of esters is 2. The lowest BCUT2D eigenvalue weighted by molar-refractivity contribution is -0.144. The second-order valence-corrected chi connectivity index (χ2v) is 7.37. The van der Waals surface area contributed by atoms with E-state index in [-0.39, 0.29) is 19.0 Å². The molecule has 0 bridgehead atoms. The fourth-order valence-corrected chi connectivity index (χ4v) is 2.35. The first kappa shape index (κ1) is 35.4. The smallest absolute Gasteiger partial charge is 0.333 e. The van der Waals surface area contributed by atoms with E-state index in [1.165, 1.54) is 0 Å². The van der Waals surface area contributed by atoms with Gasteiger partial charge in [0.1, 0.15) is 6.61 Å². The van der Waals surface area contributed by atoms with Crippen molar-refractivity contribution in [3.63, 3.8) is 0 Å². The SMILES string of the molecule is C=C(C)C(=O)OCCOCCOCCOCCOCCOCCOCCOCCOCCC(=O)OCC. The van der Waals surface area contributed by atoms with Gasteiger partial charge < -0.3 is 47.4 Å². The Labute approximate surface area is 220 Å². The quantitative estimate of drug-likeness (QED) is 0.0771. The number of ether oxygens (including phenoxy) is 10. The summed E-state index contributed by atoms with van der Waals surface area (Å²) < 4.78 is 52.7. The summed E-state index contributed by atoms with van der Waals surface area (Å²) in [5.41, 5.74) is 0.368. The van der Waals surface area contributed by atoms with Crippen LogP contribution in [0.2, 0.25) is 0 Å². The molecule has 0 aliphatic rings. The van der Waals surface area contributed by atoms with E-state index >= 15 is 0 Å². The van der Waals surface area contributed by atoms with Crippen molar-refractivity contribution in [2.75, 3.05) is 119 Å². The van der Waals surface area contributed by atoms with Gasteiger partial charge in [-0.25, -0.2) is 4.79 Å². The molecule has 12 heteroatoms. The monoisotopic (exact) mass is 538 g/mol. The average molecular weight is 539 g/mol. The molecule has 0 N–H and O–H groups in total. The third-order valence-electron chi connectivity index (χ3n) is 4.17. The van der Waals surface area contributed by atoms with Crippen molar-refractivity contribution in [3.8, 4) is 0 Å². The molecule has 0 spiro atoms. The van der Waals surface area contributed by atoms with Crippen LogP contribution in [0.25, 0.3) is 0 Å². The summed E-state index contributed by atoms with van der Waals surface area (Å²) in [4.78, 5) is 22.3. The molecule has 0 rings (SSSR count). The maximum absolute atomic E-state index is 11.2. The van der Waals surface area contributed by atoms with Gasteiger partial charge in [-0.1, -0.05) is 6.58 Å². The lowest BCUT2D eigenvalue weighted by atomic mass is 10.4. The van der Waals surface area contributed by atoms with E-state index in [0.717, 1.165) is 0 Å². The Hall–Kier alpha value is -1.64. The molecule has 37 heavy (non-hydrogen) atoms. The summed E-state index contributed by atoms with van der Waals surface area (Å²) in [5, 5.41) is 0. The van der Waals surface area contributed by atoms with Crippen molar-refractivity contribution in [2.24, 2.45) is 0 Å². The molecule has 0 radical (unpaired) electrons. The molecular formula is C25H46O12. The number of rotatable bonds is 29. The Balaban J connectivity index is 3.09. The minimum Gasteiger partial charge on any atom is -0.466 e. The number of hydrogen-bond donors (Lipinski definition) is 0. The molecule has 0 saturated carbocycles. The van der Waals surface area contributed by atoms with Crippen LogP contribution in [0.5, 0.6) is 0 Å². The van der Waals surface area contributed by atoms with Gasteiger partial charge in [-0.2, -0.15) is 0 Å². The molecule has 0 aliphatic carbocycles. The molecule has 12 nitrogen and oxygen atoms in total. The topological polar surface area (TPSA) is 126 Å². The summed E-state index contributed by atoms with van der Waals surface area (Å²) in [7, 11) is 0. The number of carbonyl (C=O) groups is 2. The van der Waals surface area contributed by atoms with Crippen molar-refractivity contribution in [1.29, 1.82) is 0 Å². The zero-order chi connectivity index (χ0) is 27.2. The molecule has 0 heterocycles. The highest BCUT2D eigenvalue weighted by atomic mass is 16.6. The highest BCUT2D eigenvalue weighted by Gasteiger charge is 2.02. The van der Waals surface area contributed by atoms with Crippen molar-refractivity contribution < 1.29 is 57.0 Å². The summed E-state index contributed by atoms with van der Waals surface area (Å²) in [6, 6.07) is 0. The highest BCUT2D eigenvalue weighted by molar-refractivity contribution is 5.86. The fraction of sp³-hybridized carbons (Fsp3) is 0.840. The van der Waals surface area contributed by atoms with Gasteiger partial charge in [-0.15, -0.1) is 0 Å². The lowest BCUT2D eigenvalue weighted by Gasteiger charge is -2.09. The average Bonchev–Trinajstić information content (AvgIpc) is 2.88. The van der Waals surface area contributed by atoms with Crippen LogP contribution in [0, 0.1) is 0 Å². The summed E-state index contributed by atoms with van der Waals surface area (Å²) in [6.07, 6.45) is 0.254. The molecule has 0 unspecified atom stereocenters. The standard InChI is InChI=1S/C25H46O12/c1-4-36-24(26)5-6-28-7-8-29-9-10-30-11-12-31-13-14-32-15-16-33-17-18-34-19-20-35-21-22-37-25(27)23(2)3/h2,4-22H2,1,3H3. The minimum absolute atomic E-state index is 0.198. The van der Waals surface area contributed by atoms with Crippen molar-refractivity contribution in [3.05, 3.63) is 12.2 Å². The largest absolute Gasteiger partial charge is 0.466 e. The van der Waals surface area contributed by atoms with Crippen LogP contribution >= 0.6 is 0 Å². The summed E-state index contributed by atoms with van der Waals surface area (Å²) in [5.74, 6) is -0.669. The Kier molecular flexibility index (Phi) is 27.6. The molecule has 0 saturated heterocycles. The van der Waals surface area contributed by atoms with E-state index < -0.39 is 5.97 Å².